The van der Waals surface area contributed by atoms with E-state index in [0.29, 0.717) is 29.6 Å². The van der Waals surface area contributed by atoms with E-state index in [2.05, 4.69) is 34.3 Å². The molecule has 0 radical (unpaired) electrons. The van der Waals surface area contributed by atoms with Crippen LogP contribution >= 0.6 is 7.60 Å². The van der Waals surface area contributed by atoms with Gasteiger partial charge in [0.15, 0.2) is 19.7 Å². The van der Waals surface area contributed by atoms with Crippen molar-refractivity contribution in [2.24, 2.45) is 11.8 Å². The number of esters is 1. The molecular weight excluding hydrogens is 788 g/mol. The Morgan fingerprint density at radius 1 is 0.702 bits per heavy atom. The number of carbonyl (C=O) groups is 2. The maximum absolute atomic E-state index is 13.4. The predicted molar refractivity (Wildman–Crippen MR) is 222 cm³/mol. The zero-order valence-corrected chi connectivity index (χ0v) is 35.2. The van der Waals surface area contributed by atoms with Crippen LogP contribution in [0, 0.1) is 11.8 Å². The van der Waals surface area contributed by atoms with Gasteiger partial charge in [-0.1, -0.05) is 56.0 Å². The highest BCUT2D eigenvalue weighted by Crippen LogP contribution is 2.50. The number of sulfone groups is 2. The molecule has 2 aromatic carbocycles. The molecule has 0 spiro atoms. The first kappa shape index (κ1) is 47.6. The van der Waals surface area contributed by atoms with E-state index >= 15 is 0 Å². The quantitative estimate of drug-likeness (QED) is 0.0683. The van der Waals surface area contributed by atoms with Gasteiger partial charge in [0.25, 0.3) is 0 Å². The molecule has 0 saturated carbocycles. The molecule has 0 unspecified atom stereocenters. The van der Waals surface area contributed by atoms with Crippen molar-refractivity contribution in [1.82, 2.24) is 9.97 Å². The largest absolute Gasteiger partial charge is 0.469 e. The molecule has 0 saturated heterocycles. The summed E-state index contributed by atoms with van der Waals surface area (Å²) < 4.78 is 74.9. The molecule has 312 valence electrons. The standard InChI is InChI=1S/C25H33N2O6PS.C16H20O4S.CH4/c1-4-32-34(29,33-5-2)18-22-17-26-21(16-27-22)15-25(28)24(14-19-8-6-7-9-19)20-10-12-23(13-11-20)35(3,30)31;1-20-16(17)15(11-12-5-3-4-6-12)13-7-9-14(10-8-13)21(2,18)19;/h6-7,10-13,16-17,19,24H,4-5,8-9,14-15,18H2,1-3H3;3-4,7-10,12,15H,5-6,11H2,1-2H3;1H4/t24-;15-;/m11./s1. The lowest BCUT2D eigenvalue weighted by atomic mass is 9.83. The zero-order chi connectivity index (χ0) is 40.9. The topological polar surface area (TPSA) is 173 Å². The maximum Gasteiger partial charge on any atom is 0.336 e. The number of carbonyl (C=O) groups excluding carboxylic acids is 2. The van der Waals surface area contributed by atoms with Gasteiger partial charge in [0.05, 0.1) is 60.0 Å². The number of Topliss-reactive ketones (excluding diaryl/α,β-unsaturated/α-hetero) is 1. The first-order valence-electron chi connectivity index (χ1n) is 18.7. The van der Waals surface area contributed by atoms with Crippen LogP contribution in [0.15, 0.2) is 95.0 Å². The predicted octanol–water partition coefficient (Wildman–Crippen LogP) is 8.24. The van der Waals surface area contributed by atoms with E-state index < -0.39 is 27.3 Å². The summed E-state index contributed by atoms with van der Waals surface area (Å²) in [6.07, 6.45) is 19.2. The van der Waals surface area contributed by atoms with E-state index in [0.717, 1.165) is 43.2 Å². The van der Waals surface area contributed by atoms with Crippen LogP contribution in [0.3, 0.4) is 0 Å². The normalized spacial score (nSPS) is 15.7. The van der Waals surface area contributed by atoms with Gasteiger partial charge >= 0.3 is 13.6 Å². The smallest absolute Gasteiger partial charge is 0.336 e. The Balaban J connectivity index is 0.000000338. The van der Waals surface area contributed by atoms with Gasteiger partial charge in [-0.25, -0.2) is 16.8 Å². The number of ether oxygens (including phenoxy) is 1. The maximum atomic E-state index is 13.4. The van der Waals surface area contributed by atoms with E-state index in [1.54, 1.807) is 62.4 Å². The van der Waals surface area contributed by atoms with Crippen LogP contribution in [-0.4, -0.2) is 71.4 Å². The third-order valence-electron chi connectivity index (χ3n) is 9.77. The van der Waals surface area contributed by atoms with Gasteiger partial charge < -0.3 is 13.8 Å². The number of benzene rings is 2. The van der Waals surface area contributed by atoms with Crippen molar-refractivity contribution >= 4 is 39.0 Å². The van der Waals surface area contributed by atoms with Crippen molar-refractivity contribution in [1.29, 1.82) is 0 Å². The minimum absolute atomic E-state index is 0. The molecular formula is C42H57N2O10PS2. The molecule has 0 amide bonds. The molecule has 2 aliphatic carbocycles. The fraction of sp³-hybridized carbons (Fsp3) is 0.476. The fourth-order valence-electron chi connectivity index (χ4n) is 6.83. The summed E-state index contributed by atoms with van der Waals surface area (Å²) in [5, 5.41) is 0. The van der Waals surface area contributed by atoms with Gasteiger partial charge in [-0.15, -0.1) is 0 Å². The lowest BCUT2D eigenvalue weighted by molar-refractivity contribution is -0.142. The summed E-state index contributed by atoms with van der Waals surface area (Å²) in [6, 6.07) is 13.1. The van der Waals surface area contributed by atoms with Gasteiger partial charge in [-0.3, -0.25) is 24.1 Å². The average Bonchev–Trinajstić information content (AvgIpc) is 3.88. The van der Waals surface area contributed by atoms with Gasteiger partial charge in [0.2, 0.25) is 0 Å². The van der Waals surface area contributed by atoms with E-state index in [9.17, 15) is 31.0 Å². The number of hydrogen-bond acceptors (Lipinski definition) is 12. The highest BCUT2D eigenvalue weighted by Gasteiger charge is 2.29. The van der Waals surface area contributed by atoms with Crippen molar-refractivity contribution < 1.29 is 44.8 Å². The highest BCUT2D eigenvalue weighted by atomic mass is 32.2. The number of methoxy groups -OCH3 is 1. The van der Waals surface area contributed by atoms with Crippen LogP contribution in [0.1, 0.15) is 94.1 Å². The molecule has 12 nitrogen and oxygen atoms in total. The lowest BCUT2D eigenvalue weighted by Crippen LogP contribution is -2.19. The molecule has 1 heterocycles. The first-order valence-corrected chi connectivity index (χ1v) is 24.2. The summed E-state index contributed by atoms with van der Waals surface area (Å²) in [5.74, 6) is -0.157. The van der Waals surface area contributed by atoms with Gasteiger partial charge in [-0.05, 0) is 99.6 Å². The van der Waals surface area contributed by atoms with Crippen molar-refractivity contribution in [2.75, 3.05) is 32.8 Å². The van der Waals surface area contributed by atoms with E-state index in [1.807, 2.05) is 0 Å². The van der Waals surface area contributed by atoms with Crippen molar-refractivity contribution in [3.8, 4) is 0 Å². The minimum Gasteiger partial charge on any atom is -0.469 e. The Morgan fingerprint density at radius 2 is 1.11 bits per heavy atom. The molecule has 0 bridgehead atoms. The van der Waals surface area contributed by atoms with Gasteiger partial charge in [0, 0.05) is 30.8 Å². The van der Waals surface area contributed by atoms with Crippen LogP contribution in [-0.2, 0) is 60.2 Å². The lowest BCUT2D eigenvalue weighted by Gasteiger charge is -2.20. The van der Waals surface area contributed by atoms with E-state index in [-0.39, 0.29) is 66.6 Å². The summed E-state index contributed by atoms with van der Waals surface area (Å²) in [7, 11) is -8.44. The Morgan fingerprint density at radius 3 is 1.49 bits per heavy atom. The van der Waals surface area contributed by atoms with Gasteiger partial charge in [0.1, 0.15) is 5.78 Å². The number of hydrogen-bond donors (Lipinski definition) is 0. The Hall–Kier alpha value is -3.81. The third kappa shape index (κ3) is 14.5. The molecule has 3 aromatic rings. The average molecular weight is 845 g/mol. The third-order valence-corrected chi connectivity index (χ3v) is 14.0. The molecule has 0 aliphatic heterocycles. The van der Waals surface area contributed by atoms with Crippen molar-refractivity contribution in [3.05, 3.63) is 108 Å². The van der Waals surface area contributed by atoms with Gasteiger partial charge in [-0.2, -0.15) is 0 Å². The number of allylic oxidation sites excluding steroid dienone is 4. The molecule has 2 aliphatic rings. The molecule has 0 fully saturated rings. The first-order chi connectivity index (χ1) is 26.5. The number of aromatic nitrogens is 2. The molecule has 5 rings (SSSR count). The number of ketones is 1. The van der Waals surface area contributed by atoms with Crippen molar-refractivity contribution in [3.63, 3.8) is 0 Å². The highest BCUT2D eigenvalue weighted by molar-refractivity contribution is 7.91. The summed E-state index contributed by atoms with van der Waals surface area (Å²) in [6.45, 7) is 4.03. The van der Waals surface area contributed by atoms with E-state index in [4.69, 9.17) is 13.8 Å². The monoisotopic (exact) mass is 844 g/mol. The molecule has 1 aromatic heterocycles. The second-order valence-electron chi connectivity index (χ2n) is 14.1. The second kappa shape index (κ2) is 21.8. The molecule has 0 N–H and O–H groups in total. The van der Waals surface area contributed by atoms with E-state index in [1.165, 1.54) is 32.0 Å². The second-order valence-corrected chi connectivity index (χ2v) is 20.2. The summed E-state index contributed by atoms with van der Waals surface area (Å²) in [5.41, 5.74) is 2.59. The number of rotatable bonds is 18. The van der Waals surface area contributed by atoms with Crippen LogP contribution in [0.2, 0.25) is 0 Å². The SMILES string of the molecule is C.CCOP(=O)(Cc1cnc(CC(=O)[C@H](CC2CC=CC2)c2ccc(S(C)(=O)=O)cc2)cn1)OCC.COC(=O)[C@H](CC1CC=CC1)c1ccc(S(C)(=O)=O)cc1. The van der Waals surface area contributed by atoms with Crippen LogP contribution < -0.4 is 0 Å². The molecule has 57 heavy (non-hydrogen) atoms. The van der Waals surface area contributed by atoms with Crippen LogP contribution in [0.25, 0.3) is 0 Å². The Labute approximate surface area is 338 Å². The molecule has 2 atom stereocenters. The summed E-state index contributed by atoms with van der Waals surface area (Å²) in [4.78, 5) is 34.6. The number of nitrogens with zero attached hydrogens (tertiary/aromatic N) is 2. The van der Waals surface area contributed by atoms with Crippen LogP contribution in [0.5, 0.6) is 0 Å². The minimum atomic E-state index is -3.31. The Kier molecular flexibility index (Phi) is 18.2. The van der Waals surface area contributed by atoms with Crippen LogP contribution in [0.4, 0.5) is 0 Å². The fourth-order valence-corrected chi connectivity index (χ4v) is 9.70. The Bertz CT molecular complexity index is 2080. The molecule has 15 heteroatoms. The summed E-state index contributed by atoms with van der Waals surface area (Å²) >= 11 is 0. The van der Waals surface area contributed by atoms with Crippen molar-refractivity contribution in [2.45, 2.75) is 94.0 Å². The zero-order valence-electron chi connectivity index (χ0n) is 32.7.